The minimum Gasteiger partial charge on any atom is -0.392 e. The maximum absolute atomic E-state index is 12.3. The van der Waals surface area contributed by atoms with E-state index in [0.717, 1.165) is 32.8 Å². The highest BCUT2D eigenvalue weighted by Crippen LogP contribution is 2.13. The summed E-state index contributed by atoms with van der Waals surface area (Å²) in [7, 11) is 0. The number of carbonyl (C=O) groups excluding carboxylic acids is 2. The van der Waals surface area contributed by atoms with Crippen LogP contribution in [-0.2, 0) is 16.1 Å². The smallest absolute Gasteiger partial charge is 0.251 e. The summed E-state index contributed by atoms with van der Waals surface area (Å²) < 4.78 is 5.33. The van der Waals surface area contributed by atoms with Crippen molar-refractivity contribution in [3.63, 3.8) is 0 Å². The van der Waals surface area contributed by atoms with Crippen molar-refractivity contribution in [2.45, 2.75) is 19.1 Å². The van der Waals surface area contributed by atoms with Gasteiger partial charge < -0.3 is 20.1 Å². The lowest BCUT2D eigenvalue weighted by molar-refractivity contribution is -0.128. The second kappa shape index (κ2) is 8.42. The molecule has 1 atom stereocenters. The van der Waals surface area contributed by atoms with Gasteiger partial charge in [-0.3, -0.25) is 14.5 Å². The summed E-state index contributed by atoms with van der Waals surface area (Å²) >= 11 is 0. The Labute approximate surface area is 147 Å². The molecule has 2 aliphatic rings. The van der Waals surface area contributed by atoms with Crippen LogP contribution in [0.3, 0.4) is 0 Å². The number of amides is 2. The average Bonchev–Trinajstić information content (AvgIpc) is 3.00. The Hall–Kier alpha value is -1.96. The first-order chi connectivity index (χ1) is 12.2. The first-order valence-electron chi connectivity index (χ1n) is 8.74. The van der Waals surface area contributed by atoms with Gasteiger partial charge >= 0.3 is 0 Å². The number of ether oxygens (including phenoxy) is 1. The first-order valence-corrected chi connectivity index (χ1v) is 8.74. The first kappa shape index (κ1) is 17.8. The Kier molecular flexibility index (Phi) is 6.01. The summed E-state index contributed by atoms with van der Waals surface area (Å²) in [6.45, 7) is 5.29. The third-order valence-corrected chi connectivity index (χ3v) is 4.71. The van der Waals surface area contributed by atoms with E-state index in [0.29, 0.717) is 30.6 Å². The van der Waals surface area contributed by atoms with Crippen LogP contribution < -0.4 is 5.32 Å². The number of aliphatic hydroxyl groups is 1. The van der Waals surface area contributed by atoms with Crippen LogP contribution in [0, 0.1) is 0 Å². The standard InChI is InChI=1S/C18H25N3O4/c22-13-14-2-1-3-15(10-14)18(24)19-16-11-17(23)21(12-16)5-4-20-6-8-25-9-7-20/h1-3,10,16,22H,4-9,11-13H2,(H,19,24). The molecule has 2 heterocycles. The van der Waals surface area contributed by atoms with Crippen molar-refractivity contribution >= 4 is 11.8 Å². The maximum Gasteiger partial charge on any atom is 0.251 e. The molecule has 7 heteroatoms. The highest BCUT2D eigenvalue weighted by molar-refractivity contribution is 5.95. The van der Waals surface area contributed by atoms with Gasteiger partial charge in [-0.15, -0.1) is 0 Å². The van der Waals surface area contributed by atoms with E-state index in [1.807, 2.05) is 4.90 Å². The van der Waals surface area contributed by atoms with E-state index < -0.39 is 0 Å². The number of hydrogen-bond acceptors (Lipinski definition) is 5. The molecule has 25 heavy (non-hydrogen) atoms. The molecule has 2 aliphatic heterocycles. The van der Waals surface area contributed by atoms with Crippen molar-refractivity contribution in [2.75, 3.05) is 45.9 Å². The van der Waals surface area contributed by atoms with Crippen molar-refractivity contribution in [3.05, 3.63) is 35.4 Å². The van der Waals surface area contributed by atoms with Gasteiger partial charge in [0.1, 0.15) is 0 Å². The molecule has 136 valence electrons. The Bertz CT molecular complexity index is 616. The summed E-state index contributed by atoms with van der Waals surface area (Å²) in [6, 6.07) is 6.73. The zero-order chi connectivity index (χ0) is 17.6. The normalized spacial score (nSPS) is 21.6. The zero-order valence-electron chi connectivity index (χ0n) is 14.3. The predicted molar refractivity (Wildman–Crippen MR) is 92.1 cm³/mol. The highest BCUT2D eigenvalue weighted by Gasteiger charge is 2.30. The van der Waals surface area contributed by atoms with Crippen LogP contribution in [0.2, 0.25) is 0 Å². The van der Waals surface area contributed by atoms with Gasteiger partial charge in [0.25, 0.3) is 5.91 Å². The lowest BCUT2D eigenvalue weighted by atomic mass is 10.1. The Morgan fingerprint density at radius 1 is 1.28 bits per heavy atom. The maximum atomic E-state index is 12.3. The summed E-state index contributed by atoms with van der Waals surface area (Å²) in [4.78, 5) is 28.6. The largest absolute Gasteiger partial charge is 0.392 e. The quantitative estimate of drug-likeness (QED) is 0.747. The summed E-state index contributed by atoms with van der Waals surface area (Å²) in [5, 5.41) is 12.1. The lowest BCUT2D eigenvalue weighted by Crippen LogP contribution is -2.42. The van der Waals surface area contributed by atoms with E-state index in [4.69, 9.17) is 9.84 Å². The second-order valence-electron chi connectivity index (χ2n) is 6.53. The zero-order valence-corrected chi connectivity index (χ0v) is 14.3. The molecule has 2 fully saturated rings. The van der Waals surface area contributed by atoms with Crippen LogP contribution in [0.15, 0.2) is 24.3 Å². The molecule has 3 rings (SSSR count). The topological polar surface area (TPSA) is 82.1 Å². The van der Waals surface area contributed by atoms with Gasteiger partial charge in [-0.05, 0) is 17.7 Å². The number of benzene rings is 1. The molecule has 0 aliphatic carbocycles. The predicted octanol–water partition coefficient (Wildman–Crippen LogP) is -0.158. The molecule has 0 saturated carbocycles. The van der Waals surface area contributed by atoms with E-state index in [2.05, 4.69) is 10.2 Å². The van der Waals surface area contributed by atoms with Crippen LogP contribution in [0.4, 0.5) is 0 Å². The van der Waals surface area contributed by atoms with Crippen molar-refractivity contribution in [2.24, 2.45) is 0 Å². The number of rotatable bonds is 6. The van der Waals surface area contributed by atoms with E-state index in [9.17, 15) is 9.59 Å². The fourth-order valence-corrected chi connectivity index (χ4v) is 3.25. The van der Waals surface area contributed by atoms with Gasteiger partial charge in [0.15, 0.2) is 0 Å². The van der Waals surface area contributed by atoms with Gasteiger partial charge in [-0.25, -0.2) is 0 Å². The Morgan fingerprint density at radius 3 is 2.84 bits per heavy atom. The molecule has 1 aromatic rings. The second-order valence-corrected chi connectivity index (χ2v) is 6.53. The van der Waals surface area contributed by atoms with Crippen molar-refractivity contribution in [1.82, 2.24) is 15.1 Å². The number of likely N-dealkylation sites (tertiary alicyclic amines) is 1. The van der Waals surface area contributed by atoms with Gasteiger partial charge in [0.05, 0.1) is 25.9 Å². The third-order valence-electron chi connectivity index (χ3n) is 4.71. The van der Waals surface area contributed by atoms with Gasteiger partial charge in [-0.2, -0.15) is 0 Å². The van der Waals surface area contributed by atoms with Gasteiger partial charge in [0.2, 0.25) is 5.91 Å². The molecule has 1 unspecified atom stereocenters. The molecule has 2 amide bonds. The number of nitrogens with one attached hydrogen (secondary N) is 1. The van der Waals surface area contributed by atoms with E-state index in [1.54, 1.807) is 24.3 Å². The highest BCUT2D eigenvalue weighted by atomic mass is 16.5. The van der Waals surface area contributed by atoms with Crippen LogP contribution in [0.25, 0.3) is 0 Å². The average molecular weight is 347 g/mol. The SMILES string of the molecule is O=C(NC1CC(=O)N(CCN2CCOCC2)C1)c1cccc(CO)c1. The molecule has 1 aromatic carbocycles. The lowest BCUT2D eigenvalue weighted by Gasteiger charge is -2.28. The molecule has 7 nitrogen and oxygen atoms in total. The van der Waals surface area contributed by atoms with Crippen LogP contribution in [0.1, 0.15) is 22.3 Å². The van der Waals surface area contributed by atoms with Gasteiger partial charge in [-0.1, -0.05) is 12.1 Å². The molecular formula is C18H25N3O4. The van der Waals surface area contributed by atoms with Crippen molar-refractivity contribution in [3.8, 4) is 0 Å². The molecule has 0 radical (unpaired) electrons. The molecule has 2 N–H and O–H groups in total. The fourth-order valence-electron chi connectivity index (χ4n) is 3.25. The molecule has 0 spiro atoms. The molecule has 2 saturated heterocycles. The van der Waals surface area contributed by atoms with Crippen molar-refractivity contribution < 1.29 is 19.4 Å². The minimum absolute atomic E-state index is 0.0858. The molecule has 0 aromatic heterocycles. The summed E-state index contributed by atoms with van der Waals surface area (Å²) in [6.07, 6.45) is 0.342. The van der Waals surface area contributed by atoms with Crippen LogP contribution in [0.5, 0.6) is 0 Å². The number of aliphatic hydroxyl groups excluding tert-OH is 1. The number of hydrogen-bond donors (Lipinski definition) is 2. The third kappa shape index (κ3) is 4.78. The Balaban J connectivity index is 1.49. The monoisotopic (exact) mass is 347 g/mol. The number of morpholine rings is 1. The van der Waals surface area contributed by atoms with E-state index in [1.165, 1.54) is 0 Å². The number of carbonyl (C=O) groups is 2. The van der Waals surface area contributed by atoms with Crippen LogP contribution >= 0.6 is 0 Å². The minimum atomic E-state index is -0.205. The molecule has 0 bridgehead atoms. The van der Waals surface area contributed by atoms with Crippen LogP contribution in [-0.4, -0.2) is 78.7 Å². The Morgan fingerprint density at radius 2 is 2.08 bits per heavy atom. The summed E-state index contributed by atoms with van der Waals surface area (Å²) in [5.41, 5.74) is 1.20. The van der Waals surface area contributed by atoms with E-state index in [-0.39, 0.29) is 24.5 Å². The fraction of sp³-hybridized carbons (Fsp3) is 0.556. The van der Waals surface area contributed by atoms with Gasteiger partial charge in [0, 0.05) is 44.7 Å². The summed E-state index contributed by atoms with van der Waals surface area (Å²) in [5.74, 6) is -0.120. The van der Waals surface area contributed by atoms with Crippen molar-refractivity contribution in [1.29, 1.82) is 0 Å². The number of nitrogens with zero attached hydrogens (tertiary/aromatic N) is 2. The molecular weight excluding hydrogens is 322 g/mol. The van der Waals surface area contributed by atoms with E-state index >= 15 is 0 Å².